The molecule has 0 amide bonds. The fourth-order valence-corrected chi connectivity index (χ4v) is 1.70. The van der Waals surface area contributed by atoms with Gasteiger partial charge in [0.1, 0.15) is 0 Å². The molecule has 0 aromatic carbocycles. The van der Waals surface area contributed by atoms with E-state index >= 15 is 0 Å². The van der Waals surface area contributed by atoms with Crippen LogP contribution in [-0.4, -0.2) is 32.4 Å². The fourth-order valence-electron chi connectivity index (χ4n) is 0.642. The lowest BCUT2D eigenvalue weighted by atomic mass is 10.7. The highest BCUT2D eigenvalue weighted by Gasteiger charge is 2.07. The van der Waals surface area contributed by atoms with Crippen LogP contribution in [0.15, 0.2) is 0 Å². The molecular formula is C5H14N4O2S2. The molecule has 0 atom stereocenters. The number of hydrogen-bond donors (Lipinski definition) is 4. The van der Waals surface area contributed by atoms with Gasteiger partial charge in [0, 0.05) is 13.1 Å². The molecule has 0 saturated heterocycles. The molecule has 0 aliphatic heterocycles. The molecular weight excluding hydrogens is 212 g/mol. The smallest absolute Gasteiger partial charge is 0.213 e. The number of thiocarbonyl (C=S) groups is 1. The maximum Gasteiger partial charge on any atom is 0.213 e. The summed E-state index contributed by atoms with van der Waals surface area (Å²) in [7, 11) is -3.18. The monoisotopic (exact) mass is 226 g/mol. The van der Waals surface area contributed by atoms with E-state index in [1.54, 1.807) is 6.92 Å². The molecule has 0 aromatic heterocycles. The molecule has 0 aromatic rings. The maximum absolute atomic E-state index is 11.1. The van der Waals surface area contributed by atoms with Crippen molar-refractivity contribution < 1.29 is 8.42 Å². The first-order chi connectivity index (χ1) is 6.02. The summed E-state index contributed by atoms with van der Waals surface area (Å²) in [5, 5.41) is 2.85. The van der Waals surface area contributed by atoms with E-state index in [-0.39, 0.29) is 17.4 Å². The van der Waals surface area contributed by atoms with Gasteiger partial charge in [-0.1, -0.05) is 6.92 Å². The number of rotatable bonds is 5. The molecule has 6 nitrogen and oxygen atoms in total. The number of nitrogens with one attached hydrogen (secondary N) is 3. The first-order valence-corrected chi connectivity index (χ1v) is 5.79. The van der Waals surface area contributed by atoms with Crippen molar-refractivity contribution in [3.8, 4) is 0 Å². The van der Waals surface area contributed by atoms with E-state index in [1.165, 1.54) is 0 Å². The zero-order valence-corrected chi connectivity index (χ0v) is 8.96. The Morgan fingerprint density at radius 3 is 2.62 bits per heavy atom. The van der Waals surface area contributed by atoms with Crippen molar-refractivity contribution in [2.24, 2.45) is 5.84 Å². The van der Waals surface area contributed by atoms with Gasteiger partial charge in [-0.05, 0) is 12.2 Å². The van der Waals surface area contributed by atoms with E-state index in [0.29, 0.717) is 6.54 Å². The highest BCUT2D eigenvalue weighted by Crippen LogP contribution is 1.81. The highest BCUT2D eigenvalue weighted by molar-refractivity contribution is 7.89. The summed E-state index contributed by atoms with van der Waals surface area (Å²) >= 11 is 4.65. The second-order valence-corrected chi connectivity index (χ2v) is 4.55. The molecule has 78 valence electrons. The van der Waals surface area contributed by atoms with Gasteiger partial charge in [-0.25, -0.2) is 19.0 Å². The Morgan fingerprint density at radius 1 is 1.54 bits per heavy atom. The average Bonchev–Trinajstić information content (AvgIpc) is 2.03. The van der Waals surface area contributed by atoms with Crippen LogP contribution in [-0.2, 0) is 10.0 Å². The van der Waals surface area contributed by atoms with E-state index in [9.17, 15) is 8.42 Å². The van der Waals surface area contributed by atoms with E-state index in [4.69, 9.17) is 5.84 Å². The lowest BCUT2D eigenvalue weighted by molar-refractivity contribution is 0.582. The van der Waals surface area contributed by atoms with Crippen molar-refractivity contribution in [1.29, 1.82) is 0 Å². The molecule has 0 heterocycles. The summed E-state index contributed by atoms with van der Waals surface area (Å²) < 4.78 is 24.5. The summed E-state index contributed by atoms with van der Waals surface area (Å²) in [6.45, 7) is 2.34. The first kappa shape index (κ1) is 12.6. The molecule has 0 saturated carbocycles. The Labute approximate surface area is 83.3 Å². The molecule has 0 spiro atoms. The minimum absolute atomic E-state index is 0.0251. The number of nitrogens with two attached hydrogens (primary N) is 1. The van der Waals surface area contributed by atoms with Crippen LogP contribution < -0.4 is 21.3 Å². The topological polar surface area (TPSA) is 96.2 Å². The fraction of sp³-hybridized carbons (Fsp3) is 0.800. The summed E-state index contributed by atoms with van der Waals surface area (Å²) in [4.78, 5) is 0. The van der Waals surface area contributed by atoms with Crippen molar-refractivity contribution in [1.82, 2.24) is 15.5 Å². The average molecular weight is 226 g/mol. The van der Waals surface area contributed by atoms with E-state index < -0.39 is 10.0 Å². The Morgan fingerprint density at radius 2 is 2.15 bits per heavy atom. The zero-order chi connectivity index (χ0) is 10.3. The molecule has 0 bridgehead atoms. The van der Waals surface area contributed by atoms with Crippen LogP contribution in [0.4, 0.5) is 0 Å². The van der Waals surface area contributed by atoms with Gasteiger partial charge >= 0.3 is 0 Å². The van der Waals surface area contributed by atoms with Gasteiger partial charge in [-0.3, -0.25) is 0 Å². The van der Waals surface area contributed by atoms with Crippen LogP contribution in [0.1, 0.15) is 6.92 Å². The van der Waals surface area contributed by atoms with Gasteiger partial charge in [0.25, 0.3) is 0 Å². The van der Waals surface area contributed by atoms with Crippen molar-refractivity contribution in [3.63, 3.8) is 0 Å². The summed E-state index contributed by atoms with van der Waals surface area (Å²) in [5.74, 6) is 4.94. The second kappa shape index (κ2) is 6.08. The summed E-state index contributed by atoms with van der Waals surface area (Å²) in [5.41, 5.74) is 2.19. The van der Waals surface area contributed by atoms with Gasteiger partial charge in [0.15, 0.2) is 5.11 Å². The summed E-state index contributed by atoms with van der Waals surface area (Å²) in [6.07, 6.45) is 0. The van der Waals surface area contributed by atoms with Gasteiger partial charge in [0.05, 0.1) is 5.75 Å². The largest absolute Gasteiger partial charge is 0.361 e. The Bertz CT molecular complexity index is 251. The standard InChI is InChI=1S/C5H14N4O2S2/c1-2-8-13(10,11)4-3-7-5(12)9-6/h8H,2-4,6H2,1H3,(H2,7,9,12). The Balaban J connectivity index is 3.70. The van der Waals surface area contributed by atoms with Crippen LogP contribution in [0, 0.1) is 0 Å². The SMILES string of the molecule is CCNS(=O)(=O)CCNC(=S)NN. The maximum atomic E-state index is 11.1. The molecule has 0 rings (SSSR count). The lowest BCUT2D eigenvalue weighted by Crippen LogP contribution is -2.42. The minimum atomic E-state index is -3.18. The molecule has 8 heteroatoms. The predicted octanol–water partition coefficient (Wildman–Crippen LogP) is -1.74. The Hall–Kier alpha value is -0.440. The van der Waals surface area contributed by atoms with Crippen molar-refractivity contribution >= 4 is 27.4 Å². The zero-order valence-electron chi connectivity index (χ0n) is 7.33. The van der Waals surface area contributed by atoms with Gasteiger partial charge in [0.2, 0.25) is 10.0 Å². The van der Waals surface area contributed by atoms with Crippen molar-refractivity contribution in [3.05, 3.63) is 0 Å². The lowest BCUT2D eigenvalue weighted by Gasteiger charge is -2.07. The quantitative estimate of drug-likeness (QED) is 0.253. The molecule has 5 N–H and O–H groups in total. The third-order valence-electron chi connectivity index (χ3n) is 1.15. The van der Waals surface area contributed by atoms with Gasteiger partial charge in [-0.15, -0.1) is 0 Å². The van der Waals surface area contributed by atoms with Crippen LogP contribution in [0.25, 0.3) is 0 Å². The first-order valence-electron chi connectivity index (χ1n) is 3.73. The van der Waals surface area contributed by atoms with E-state index in [0.717, 1.165) is 0 Å². The van der Waals surface area contributed by atoms with Gasteiger partial charge < -0.3 is 10.7 Å². The van der Waals surface area contributed by atoms with E-state index in [2.05, 4.69) is 27.7 Å². The molecule has 13 heavy (non-hydrogen) atoms. The van der Waals surface area contributed by atoms with Gasteiger partial charge in [-0.2, -0.15) is 0 Å². The highest BCUT2D eigenvalue weighted by atomic mass is 32.2. The van der Waals surface area contributed by atoms with Crippen LogP contribution >= 0.6 is 12.2 Å². The molecule has 0 aliphatic carbocycles. The van der Waals surface area contributed by atoms with E-state index in [1.807, 2.05) is 0 Å². The third-order valence-corrected chi connectivity index (χ3v) is 2.88. The van der Waals surface area contributed by atoms with Crippen LogP contribution in [0.5, 0.6) is 0 Å². The summed E-state index contributed by atoms with van der Waals surface area (Å²) in [6, 6.07) is 0. The number of hydrogen-bond acceptors (Lipinski definition) is 4. The number of hydrazine groups is 1. The molecule has 0 fully saturated rings. The normalized spacial score (nSPS) is 10.9. The third kappa shape index (κ3) is 6.70. The van der Waals surface area contributed by atoms with Crippen molar-refractivity contribution in [2.75, 3.05) is 18.8 Å². The second-order valence-electron chi connectivity index (χ2n) is 2.22. The predicted molar refractivity (Wildman–Crippen MR) is 55.4 cm³/mol. The molecule has 0 radical (unpaired) electrons. The molecule has 0 unspecified atom stereocenters. The molecule has 0 aliphatic rings. The number of sulfonamides is 1. The van der Waals surface area contributed by atoms with Crippen LogP contribution in [0.2, 0.25) is 0 Å². The minimum Gasteiger partial charge on any atom is -0.361 e. The van der Waals surface area contributed by atoms with Crippen LogP contribution in [0.3, 0.4) is 0 Å². The van der Waals surface area contributed by atoms with Crippen molar-refractivity contribution in [2.45, 2.75) is 6.92 Å². The Kier molecular flexibility index (Phi) is 5.88.